The van der Waals surface area contributed by atoms with E-state index >= 15 is 0 Å². The van der Waals surface area contributed by atoms with Gasteiger partial charge in [0.2, 0.25) is 0 Å². The normalized spacial score (nSPS) is 10.0. The molecule has 1 aromatic heterocycles. The third kappa shape index (κ3) is 4.23. The van der Waals surface area contributed by atoms with E-state index in [9.17, 15) is 0 Å². The summed E-state index contributed by atoms with van der Waals surface area (Å²) in [6.45, 7) is 7.25. The van der Waals surface area contributed by atoms with Crippen LogP contribution in [0.2, 0.25) is 0 Å². The number of rotatable bonds is 5. The average molecular weight is 343 g/mol. The lowest BCUT2D eigenvalue weighted by atomic mass is 10.1. The van der Waals surface area contributed by atoms with Crippen LogP contribution >= 0.6 is 28.3 Å². The summed E-state index contributed by atoms with van der Waals surface area (Å²) < 4.78 is 6.92. The van der Waals surface area contributed by atoms with E-state index in [-0.39, 0.29) is 12.4 Å². The lowest BCUT2D eigenvalue weighted by Crippen LogP contribution is -2.11. The summed E-state index contributed by atoms with van der Waals surface area (Å²) in [6, 6.07) is 10.2. The maximum atomic E-state index is 5.80. The molecule has 19 heavy (non-hydrogen) atoms. The minimum Gasteiger partial charge on any atom is -0.460 e. The third-order valence-corrected chi connectivity index (χ3v) is 3.58. The topological polar surface area (TPSA) is 25.2 Å². The maximum absolute atomic E-state index is 5.80. The van der Waals surface area contributed by atoms with Crippen molar-refractivity contribution in [3.05, 3.63) is 58.8 Å². The van der Waals surface area contributed by atoms with E-state index < -0.39 is 0 Å². The van der Waals surface area contributed by atoms with Gasteiger partial charge in [-0.25, -0.2) is 0 Å². The second-order valence-corrected chi connectivity index (χ2v) is 5.00. The zero-order chi connectivity index (χ0) is 13.0. The molecule has 0 fully saturated rings. The molecular formula is C15H17BrClNO. The second kappa shape index (κ2) is 7.53. The molecule has 102 valence electrons. The smallest absolute Gasteiger partial charge is 0.134 e. The number of hydrogen-bond donors (Lipinski definition) is 1. The van der Waals surface area contributed by atoms with Crippen molar-refractivity contribution in [2.24, 2.45) is 0 Å². The fourth-order valence-electron chi connectivity index (χ4n) is 1.72. The second-order valence-electron chi connectivity index (χ2n) is 4.15. The largest absolute Gasteiger partial charge is 0.460 e. The molecule has 2 aromatic rings. The van der Waals surface area contributed by atoms with Gasteiger partial charge in [-0.2, -0.15) is 0 Å². The highest BCUT2D eigenvalue weighted by Gasteiger charge is 2.05. The molecular weight excluding hydrogens is 326 g/mol. The van der Waals surface area contributed by atoms with Crippen molar-refractivity contribution in [3.63, 3.8) is 0 Å². The monoisotopic (exact) mass is 341 g/mol. The molecule has 1 N–H and O–H groups in total. The Bertz CT molecular complexity index is 551. The Morgan fingerprint density at radius 3 is 2.79 bits per heavy atom. The molecule has 0 unspecified atom stereocenters. The van der Waals surface area contributed by atoms with E-state index in [4.69, 9.17) is 4.42 Å². The predicted octanol–water partition coefficient (Wildman–Crippen LogP) is 4.71. The first-order valence-electron chi connectivity index (χ1n) is 5.87. The first-order chi connectivity index (χ1) is 8.70. The van der Waals surface area contributed by atoms with Gasteiger partial charge in [0.15, 0.2) is 0 Å². The molecule has 0 spiro atoms. The van der Waals surface area contributed by atoms with Gasteiger partial charge >= 0.3 is 0 Å². The number of halogens is 2. The van der Waals surface area contributed by atoms with E-state index in [2.05, 4.69) is 46.9 Å². The van der Waals surface area contributed by atoms with Crippen molar-refractivity contribution in [1.29, 1.82) is 0 Å². The van der Waals surface area contributed by atoms with Gasteiger partial charge in [0, 0.05) is 16.6 Å². The summed E-state index contributed by atoms with van der Waals surface area (Å²) in [6.07, 6.45) is 1.84. The van der Waals surface area contributed by atoms with Gasteiger partial charge in [-0.15, -0.1) is 19.0 Å². The van der Waals surface area contributed by atoms with E-state index in [0.717, 1.165) is 34.6 Å². The van der Waals surface area contributed by atoms with Gasteiger partial charge in [-0.3, -0.25) is 0 Å². The molecule has 2 rings (SSSR count). The Kier molecular flexibility index (Phi) is 6.35. The van der Waals surface area contributed by atoms with E-state index in [1.165, 1.54) is 5.56 Å². The minimum absolute atomic E-state index is 0. The van der Waals surface area contributed by atoms with Gasteiger partial charge in [-0.1, -0.05) is 28.1 Å². The molecule has 1 aromatic carbocycles. The van der Waals surface area contributed by atoms with Crippen LogP contribution in [0.15, 0.2) is 51.9 Å². The van der Waals surface area contributed by atoms with Crippen LogP contribution in [0.25, 0.3) is 11.3 Å². The van der Waals surface area contributed by atoms with Crippen LogP contribution in [0.1, 0.15) is 11.3 Å². The molecule has 1 heterocycles. The summed E-state index contributed by atoms with van der Waals surface area (Å²) in [5.74, 6) is 1.84. The van der Waals surface area contributed by atoms with Gasteiger partial charge in [0.05, 0.1) is 6.54 Å². The molecule has 4 heteroatoms. The molecule has 0 radical (unpaired) electrons. The van der Waals surface area contributed by atoms with Crippen molar-refractivity contribution >= 4 is 28.3 Å². The standard InChI is InChI=1S/C15H16BrNO.ClH/c1-3-8-17-10-13-5-7-15(18-13)12-4-6-14(16)11(2)9-12;/h3-7,9,17H,1,8,10H2,2H3;1H. The van der Waals surface area contributed by atoms with Crippen LogP contribution in [0.3, 0.4) is 0 Å². The number of aryl methyl sites for hydroxylation is 1. The first-order valence-corrected chi connectivity index (χ1v) is 6.67. The van der Waals surface area contributed by atoms with Crippen molar-refractivity contribution in [1.82, 2.24) is 5.32 Å². The fourth-order valence-corrected chi connectivity index (χ4v) is 1.97. The van der Waals surface area contributed by atoms with Crippen molar-refractivity contribution in [3.8, 4) is 11.3 Å². The lowest BCUT2D eigenvalue weighted by Gasteiger charge is -2.02. The van der Waals surface area contributed by atoms with Crippen LogP contribution in [-0.2, 0) is 6.54 Å². The summed E-state index contributed by atoms with van der Waals surface area (Å²) in [4.78, 5) is 0. The molecule has 0 saturated heterocycles. The first kappa shape index (κ1) is 16.0. The maximum Gasteiger partial charge on any atom is 0.134 e. The third-order valence-electron chi connectivity index (χ3n) is 2.69. The van der Waals surface area contributed by atoms with Gasteiger partial charge < -0.3 is 9.73 Å². The zero-order valence-electron chi connectivity index (χ0n) is 10.8. The Morgan fingerprint density at radius 2 is 2.11 bits per heavy atom. The molecule has 0 aliphatic carbocycles. The van der Waals surface area contributed by atoms with Crippen LogP contribution in [-0.4, -0.2) is 6.54 Å². The van der Waals surface area contributed by atoms with Gasteiger partial charge in [-0.05, 0) is 36.8 Å². The summed E-state index contributed by atoms with van der Waals surface area (Å²) in [5, 5.41) is 3.22. The van der Waals surface area contributed by atoms with Crippen molar-refractivity contribution < 1.29 is 4.42 Å². The van der Waals surface area contributed by atoms with Crippen molar-refractivity contribution in [2.45, 2.75) is 13.5 Å². The molecule has 0 saturated carbocycles. The Balaban J connectivity index is 0.00000180. The summed E-state index contributed by atoms with van der Waals surface area (Å²) in [5.41, 5.74) is 2.31. The van der Waals surface area contributed by atoms with Gasteiger partial charge in [0.25, 0.3) is 0 Å². The van der Waals surface area contributed by atoms with Crippen LogP contribution in [0, 0.1) is 6.92 Å². The quantitative estimate of drug-likeness (QED) is 0.628. The number of benzene rings is 1. The number of nitrogens with one attached hydrogen (secondary N) is 1. The van der Waals surface area contributed by atoms with Gasteiger partial charge in [0.1, 0.15) is 11.5 Å². The van der Waals surface area contributed by atoms with E-state index in [1.807, 2.05) is 24.3 Å². The highest BCUT2D eigenvalue weighted by molar-refractivity contribution is 9.10. The summed E-state index contributed by atoms with van der Waals surface area (Å²) >= 11 is 3.50. The van der Waals surface area contributed by atoms with E-state index in [1.54, 1.807) is 0 Å². The highest BCUT2D eigenvalue weighted by atomic mass is 79.9. The number of hydrogen-bond acceptors (Lipinski definition) is 2. The predicted molar refractivity (Wildman–Crippen MR) is 85.7 cm³/mol. The molecule has 0 bridgehead atoms. The Hall–Kier alpha value is -1.03. The minimum atomic E-state index is 0. The Morgan fingerprint density at radius 1 is 1.32 bits per heavy atom. The molecule has 0 amide bonds. The SMILES string of the molecule is C=CCNCc1ccc(-c2ccc(Br)c(C)c2)o1.Cl. The van der Waals surface area contributed by atoms with Crippen LogP contribution in [0.4, 0.5) is 0 Å². The molecule has 0 atom stereocenters. The summed E-state index contributed by atoms with van der Waals surface area (Å²) in [7, 11) is 0. The van der Waals surface area contributed by atoms with Crippen LogP contribution in [0.5, 0.6) is 0 Å². The number of furan rings is 1. The average Bonchev–Trinajstić information content (AvgIpc) is 2.82. The Labute approximate surface area is 128 Å². The zero-order valence-corrected chi connectivity index (χ0v) is 13.2. The molecule has 0 aliphatic rings. The highest BCUT2D eigenvalue weighted by Crippen LogP contribution is 2.26. The molecule has 0 aliphatic heterocycles. The van der Waals surface area contributed by atoms with Crippen LogP contribution < -0.4 is 5.32 Å². The van der Waals surface area contributed by atoms with Crippen molar-refractivity contribution in [2.75, 3.05) is 6.54 Å². The molecule has 2 nitrogen and oxygen atoms in total. The lowest BCUT2D eigenvalue weighted by molar-refractivity contribution is 0.502. The fraction of sp³-hybridized carbons (Fsp3) is 0.200. The van der Waals surface area contributed by atoms with E-state index in [0.29, 0.717) is 0 Å².